The Morgan fingerprint density at radius 1 is 0.267 bits per heavy atom. The van der Waals surface area contributed by atoms with Crippen molar-refractivity contribution in [2.75, 3.05) is 0 Å². The smallest absolute Gasteiger partial charge is 0.160 e. The molecule has 90 heavy (non-hydrogen) atoms. The molecule has 0 spiro atoms. The molecule has 0 saturated heterocycles. The highest BCUT2D eigenvalue weighted by Gasteiger charge is 2.58. The van der Waals surface area contributed by atoms with E-state index in [1.54, 1.807) is 37.5 Å². The minimum Gasteiger partial charge on any atom is -0.294 e. The predicted octanol–water partition coefficient (Wildman–Crippen LogP) is 25.9. The summed E-state index contributed by atoms with van der Waals surface area (Å²) in [5, 5.41) is 0. The van der Waals surface area contributed by atoms with Crippen LogP contribution in [0, 0.1) is 0 Å². The fraction of sp³-hybridized carbons (Fsp3) is 0.483. The van der Waals surface area contributed by atoms with Gasteiger partial charge in [-0.1, -0.05) is 305 Å². The summed E-state index contributed by atoms with van der Waals surface area (Å²) in [7, 11) is 0. The van der Waals surface area contributed by atoms with Gasteiger partial charge in [0.25, 0.3) is 0 Å². The number of unbranched alkanes of at least 4 members (excludes halogenated alkanes) is 18. The van der Waals surface area contributed by atoms with Gasteiger partial charge in [0.15, 0.2) is 17.3 Å². The molecule has 0 bridgehead atoms. The fourth-order valence-corrected chi connectivity index (χ4v) is 17.6. The number of benzene rings is 7. The van der Waals surface area contributed by atoms with Gasteiger partial charge in [0, 0.05) is 32.9 Å². The number of Topliss-reactive ketones (excluding diaryl/α,β-unsaturated/α-hetero) is 3. The van der Waals surface area contributed by atoms with E-state index in [9.17, 15) is 14.4 Å². The van der Waals surface area contributed by atoms with Crippen LogP contribution < -0.4 is 0 Å². The Balaban J connectivity index is 1.45. The minimum absolute atomic E-state index is 0.102. The number of hydrogen-bond donors (Lipinski definition) is 0. The van der Waals surface area contributed by atoms with Crippen molar-refractivity contribution in [3.63, 3.8) is 0 Å². The molecule has 0 aromatic heterocycles. The summed E-state index contributed by atoms with van der Waals surface area (Å²) in [6, 6.07) is 47.9. The number of fused-ring (bicyclic) bond motifs is 12. The lowest BCUT2D eigenvalue weighted by molar-refractivity contribution is 0.101. The summed E-state index contributed by atoms with van der Waals surface area (Å²) >= 11 is 0. The Morgan fingerprint density at radius 2 is 0.489 bits per heavy atom. The molecule has 0 heterocycles. The van der Waals surface area contributed by atoms with Gasteiger partial charge in [-0.3, -0.25) is 14.4 Å². The third-order valence-corrected chi connectivity index (χ3v) is 21.9. The molecular formula is C87H108O3. The van der Waals surface area contributed by atoms with E-state index in [-0.39, 0.29) is 33.6 Å². The standard InChI is InChI=1S/C87H108O3/c1-10-16-22-34-52-85(53-35-23-17-11-2)76-58-64(70-43-31-28-40-67(70)61(7)88)46-49-73(76)79-82(85)80-74-50-47-65(71-44-32-29-41-68(71)62(8)89)59-77(74)86(54-36-24-18-12-3,55-37-25-19-13-4)84(80)81-75-51-48-66(72-45-33-30-42-69(72)63(9)90)60-78(75)87(83(79)81,56-38-26-20-14-5)57-39-27-21-15-6/h28-33,40-51,58-60H,10-27,34-39,52-57H2,1-9H3. The normalized spacial score (nSPS) is 14.2. The molecule has 7 aromatic rings. The van der Waals surface area contributed by atoms with Gasteiger partial charge in [-0.05, 0) is 178 Å². The monoisotopic (exact) mass is 1200 g/mol. The zero-order valence-corrected chi connectivity index (χ0v) is 57.1. The van der Waals surface area contributed by atoms with Gasteiger partial charge in [0.05, 0.1) is 0 Å². The minimum atomic E-state index is -0.319. The number of ketones is 3. The first-order valence-corrected chi connectivity index (χ1v) is 36.4. The van der Waals surface area contributed by atoms with E-state index in [1.807, 2.05) is 36.4 Å². The van der Waals surface area contributed by atoms with Crippen LogP contribution in [0.5, 0.6) is 0 Å². The third kappa shape index (κ3) is 12.8. The molecule has 7 aromatic carbocycles. The fourth-order valence-electron chi connectivity index (χ4n) is 17.6. The van der Waals surface area contributed by atoms with Crippen molar-refractivity contribution >= 4 is 17.3 Å². The second-order valence-electron chi connectivity index (χ2n) is 27.9. The molecule has 10 rings (SSSR count). The summed E-state index contributed by atoms with van der Waals surface area (Å²) in [4.78, 5) is 41.3. The second-order valence-corrected chi connectivity index (χ2v) is 27.9. The lowest BCUT2D eigenvalue weighted by Crippen LogP contribution is -2.31. The van der Waals surface area contributed by atoms with Gasteiger partial charge < -0.3 is 0 Å². The van der Waals surface area contributed by atoms with Crippen LogP contribution in [-0.2, 0) is 16.2 Å². The first kappa shape index (κ1) is 66.5. The Hall–Kier alpha value is -6.45. The molecule has 0 unspecified atom stereocenters. The second kappa shape index (κ2) is 30.3. The molecular weight excluding hydrogens is 1090 g/mol. The zero-order chi connectivity index (χ0) is 63.4. The van der Waals surface area contributed by atoms with Crippen LogP contribution in [0.15, 0.2) is 127 Å². The Kier molecular flexibility index (Phi) is 22.4. The van der Waals surface area contributed by atoms with Crippen LogP contribution in [0.3, 0.4) is 0 Å². The number of carbonyl (C=O) groups excluding carboxylic acids is 3. The largest absolute Gasteiger partial charge is 0.294 e. The SMILES string of the molecule is CCCCCCC1(CCCCCC)c2cc(-c3ccccc3C(C)=O)ccc2-c2c1c1c(c3c2C(CCCCCC)(CCCCCC)c2cc(-c4ccccc4C(C)=O)ccc2-3)C(CCCCCC)(CCCCCC)c2cc(-c3ccccc3C(C)=O)ccc2-1. The average molecular weight is 1200 g/mol. The van der Waals surface area contributed by atoms with E-state index in [0.29, 0.717) is 0 Å². The van der Waals surface area contributed by atoms with E-state index >= 15 is 0 Å². The van der Waals surface area contributed by atoms with Crippen molar-refractivity contribution in [1.82, 2.24) is 0 Å². The molecule has 0 saturated carbocycles. The van der Waals surface area contributed by atoms with Crippen LogP contribution in [0.2, 0.25) is 0 Å². The molecule has 474 valence electrons. The van der Waals surface area contributed by atoms with Gasteiger partial charge in [0.2, 0.25) is 0 Å². The third-order valence-electron chi connectivity index (χ3n) is 21.9. The summed E-state index contributed by atoms with van der Waals surface area (Å²) in [6.45, 7) is 19.4. The van der Waals surface area contributed by atoms with Crippen LogP contribution in [0.1, 0.15) is 319 Å². The maximum absolute atomic E-state index is 13.8. The zero-order valence-electron chi connectivity index (χ0n) is 57.1. The Morgan fingerprint density at radius 3 is 0.700 bits per heavy atom. The van der Waals surface area contributed by atoms with Crippen molar-refractivity contribution in [2.24, 2.45) is 0 Å². The number of carbonyl (C=O) groups is 3. The molecule has 3 nitrogen and oxygen atoms in total. The van der Waals surface area contributed by atoms with Gasteiger partial charge in [-0.25, -0.2) is 0 Å². The lowest BCUT2D eigenvalue weighted by Gasteiger charge is -2.40. The average Bonchev–Trinajstić information content (AvgIpc) is 1.48. The van der Waals surface area contributed by atoms with Gasteiger partial charge >= 0.3 is 0 Å². The Labute approximate surface area is 544 Å². The van der Waals surface area contributed by atoms with Crippen molar-refractivity contribution in [2.45, 2.75) is 271 Å². The first-order valence-electron chi connectivity index (χ1n) is 36.4. The van der Waals surface area contributed by atoms with Gasteiger partial charge in [-0.2, -0.15) is 0 Å². The van der Waals surface area contributed by atoms with Crippen molar-refractivity contribution < 1.29 is 14.4 Å². The first-order chi connectivity index (χ1) is 43.9. The number of hydrogen-bond acceptors (Lipinski definition) is 3. The van der Waals surface area contributed by atoms with Crippen molar-refractivity contribution in [3.8, 4) is 66.8 Å². The van der Waals surface area contributed by atoms with Gasteiger partial charge in [-0.15, -0.1) is 0 Å². The molecule has 3 heteroatoms. The van der Waals surface area contributed by atoms with E-state index in [4.69, 9.17) is 0 Å². The highest BCUT2D eigenvalue weighted by molar-refractivity contribution is 6.08. The molecule has 0 amide bonds. The quantitative estimate of drug-likeness (QED) is 0.0290. The summed E-state index contributed by atoms with van der Waals surface area (Å²) in [6.07, 6.45) is 34.9. The van der Waals surface area contributed by atoms with Crippen molar-refractivity contribution in [3.05, 3.63) is 177 Å². The molecule has 3 aliphatic carbocycles. The maximum atomic E-state index is 13.8. The van der Waals surface area contributed by atoms with Crippen molar-refractivity contribution in [1.29, 1.82) is 0 Å². The topological polar surface area (TPSA) is 51.2 Å². The summed E-state index contributed by atoms with van der Waals surface area (Å²) in [5.74, 6) is 0.307. The highest BCUT2D eigenvalue weighted by Crippen LogP contribution is 2.72. The summed E-state index contributed by atoms with van der Waals surface area (Å²) in [5.41, 5.74) is 26.0. The van der Waals surface area contributed by atoms with Crippen LogP contribution in [-0.4, -0.2) is 17.3 Å². The highest BCUT2D eigenvalue weighted by atomic mass is 16.1. The predicted molar refractivity (Wildman–Crippen MR) is 384 cm³/mol. The molecule has 0 radical (unpaired) electrons. The molecule has 0 aliphatic heterocycles. The van der Waals surface area contributed by atoms with Crippen LogP contribution >= 0.6 is 0 Å². The number of rotatable bonds is 36. The van der Waals surface area contributed by atoms with E-state index < -0.39 is 0 Å². The molecule has 3 aliphatic rings. The van der Waals surface area contributed by atoms with E-state index in [1.165, 1.54) is 166 Å². The Bertz CT molecular complexity index is 3220. The van der Waals surface area contributed by atoms with E-state index in [0.717, 1.165) is 127 Å². The molecule has 0 atom stereocenters. The van der Waals surface area contributed by atoms with Crippen LogP contribution in [0.25, 0.3) is 66.8 Å². The maximum Gasteiger partial charge on any atom is 0.160 e. The lowest BCUT2D eigenvalue weighted by atomic mass is 9.63. The molecule has 0 fully saturated rings. The summed E-state index contributed by atoms with van der Waals surface area (Å²) < 4.78 is 0. The molecule has 0 N–H and O–H groups in total. The van der Waals surface area contributed by atoms with Gasteiger partial charge in [0.1, 0.15) is 0 Å². The van der Waals surface area contributed by atoms with E-state index in [2.05, 4.69) is 133 Å². The van der Waals surface area contributed by atoms with Crippen LogP contribution in [0.4, 0.5) is 0 Å².